The number of ether oxygens (including phenoxy) is 4. The van der Waals surface area contributed by atoms with Crippen molar-refractivity contribution in [1.82, 2.24) is 0 Å². The van der Waals surface area contributed by atoms with Gasteiger partial charge in [-0.2, -0.15) is 0 Å². The number of hydrogen-bond donors (Lipinski definition) is 0. The molecule has 0 aliphatic rings. The van der Waals surface area contributed by atoms with Crippen LogP contribution in [0.3, 0.4) is 0 Å². The minimum Gasteiger partial charge on any atom is -0.379 e. The molecule has 0 fully saturated rings. The summed E-state index contributed by atoms with van der Waals surface area (Å²) in [4.78, 5) is 5.29. The first kappa shape index (κ1) is 32.3. The second-order valence-electron chi connectivity index (χ2n) is 10.1. The van der Waals surface area contributed by atoms with E-state index in [4.69, 9.17) is 18.9 Å². The Hall–Kier alpha value is -2.58. The summed E-state index contributed by atoms with van der Waals surface area (Å²) in [5.74, 6) is 0. The van der Waals surface area contributed by atoms with Gasteiger partial charge in [-0.1, -0.05) is 74.5 Å². The predicted octanol–water partition coefficient (Wildman–Crippen LogP) is 9.29. The second-order valence-corrected chi connectivity index (χ2v) is 12.4. The Balaban J connectivity index is 1.20. The maximum absolute atomic E-state index is 5.70. The Morgan fingerprint density at radius 1 is 0.452 bits per heavy atom. The van der Waals surface area contributed by atoms with E-state index in [9.17, 15) is 0 Å². The van der Waals surface area contributed by atoms with Gasteiger partial charge in [0.1, 0.15) is 0 Å². The van der Waals surface area contributed by atoms with Gasteiger partial charge in [-0.25, -0.2) is 0 Å². The van der Waals surface area contributed by atoms with E-state index in [0.29, 0.717) is 26.4 Å². The summed E-state index contributed by atoms with van der Waals surface area (Å²) in [5.41, 5.74) is 4.90. The highest BCUT2D eigenvalue weighted by molar-refractivity contribution is 7.15. The second kappa shape index (κ2) is 18.9. The highest BCUT2D eigenvalue weighted by Gasteiger charge is 2.05. The van der Waals surface area contributed by atoms with Gasteiger partial charge in [-0.05, 0) is 59.4 Å². The normalized spacial score (nSPS) is 11.6. The molecular formula is C36H44O4S2. The Morgan fingerprint density at radius 2 is 0.833 bits per heavy atom. The van der Waals surface area contributed by atoms with Crippen molar-refractivity contribution in [2.24, 2.45) is 0 Å². The van der Waals surface area contributed by atoms with Crippen molar-refractivity contribution in [3.8, 4) is 20.9 Å². The molecule has 0 amide bonds. The summed E-state index contributed by atoms with van der Waals surface area (Å²) in [6, 6.07) is 26.4. The maximum Gasteiger partial charge on any atom is 0.0700 e. The van der Waals surface area contributed by atoms with Crippen LogP contribution < -0.4 is 0 Å². The third-order valence-electron chi connectivity index (χ3n) is 6.61. The molecule has 224 valence electrons. The van der Waals surface area contributed by atoms with Gasteiger partial charge in [0.2, 0.25) is 0 Å². The van der Waals surface area contributed by atoms with E-state index in [1.807, 2.05) is 22.7 Å². The van der Waals surface area contributed by atoms with Gasteiger partial charge in [0.05, 0.1) is 39.6 Å². The Labute approximate surface area is 259 Å². The largest absolute Gasteiger partial charge is 0.379 e. The lowest BCUT2D eigenvalue weighted by Crippen LogP contribution is -2.06. The van der Waals surface area contributed by atoms with Gasteiger partial charge in [0.25, 0.3) is 0 Å². The molecule has 0 N–H and O–H groups in total. The summed E-state index contributed by atoms with van der Waals surface area (Å²) in [6.07, 6.45) is 8.34. The molecule has 42 heavy (non-hydrogen) atoms. The summed E-state index contributed by atoms with van der Waals surface area (Å²) in [6.45, 7) is 10.0. The van der Waals surface area contributed by atoms with Crippen LogP contribution in [0.5, 0.6) is 0 Å². The van der Waals surface area contributed by atoms with E-state index in [1.54, 1.807) is 0 Å². The van der Waals surface area contributed by atoms with Crippen LogP contribution in [0.25, 0.3) is 33.0 Å². The standard InChI is InChI=1S/C36H44O4S2/c1-3-21-37-25-27-39-23-19-33-15-17-35(41-33)31-11-7-29(8-12-31)5-6-30-9-13-32(14-10-30)36-18-16-34(42-36)20-24-40-28-26-38-22-4-2/h5-18H,3-4,19-28H2,1-2H3. The van der Waals surface area contributed by atoms with Crippen LogP contribution in [0.2, 0.25) is 0 Å². The molecule has 2 aromatic carbocycles. The minimum absolute atomic E-state index is 0.666. The van der Waals surface area contributed by atoms with Crippen LogP contribution in [-0.4, -0.2) is 52.9 Å². The first-order valence-corrected chi connectivity index (χ1v) is 16.8. The molecule has 0 aliphatic heterocycles. The van der Waals surface area contributed by atoms with Crippen molar-refractivity contribution < 1.29 is 18.9 Å². The predicted molar refractivity (Wildman–Crippen MR) is 180 cm³/mol. The number of hydrogen-bond acceptors (Lipinski definition) is 6. The van der Waals surface area contributed by atoms with Crippen molar-refractivity contribution in [1.29, 1.82) is 0 Å². The zero-order valence-electron chi connectivity index (χ0n) is 25.0. The van der Waals surface area contributed by atoms with Crippen LogP contribution in [0.15, 0.2) is 72.8 Å². The summed E-state index contributed by atoms with van der Waals surface area (Å²) in [5, 5.41) is 0. The first-order valence-electron chi connectivity index (χ1n) is 15.1. The fourth-order valence-electron chi connectivity index (χ4n) is 4.32. The van der Waals surface area contributed by atoms with Gasteiger partial charge < -0.3 is 18.9 Å². The lowest BCUT2D eigenvalue weighted by Gasteiger charge is -2.04. The molecule has 0 aliphatic carbocycles. The van der Waals surface area contributed by atoms with Gasteiger partial charge in [-0.15, -0.1) is 22.7 Å². The average molecular weight is 605 g/mol. The lowest BCUT2D eigenvalue weighted by molar-refractivity contribution is 0.0493. The van der Waals surface area contributed by atoms with Crippen LogP contribution in [-0.2, 0) is 31.8 Å². The molecule has 4 rings (SSSR count). The lowest BCUT2D eigenvalue weighted by atomic mass is 10.1. The van der Waals surface area contributed by atoms with E-state index in [0.717, 1.165) is 52.1 Å². The fourth-order valence-corrected chi connectivity index (χ4v) is 6.31. The summed E-state index contributed by atoms with van der Waals surface area (Å²) in [7, 11) is 0. The molecule has 6 heteroatoms. The zero-order valence-corrected chi connectivity index (χ0v) is 26.7. The maximum atomic E-state index is 5.70. The van der Waals surface area contributed by atoms with E-state index in [-0.39, 0.29) is 0 Å². The van der Waals surface area contributed by atoms with E-state index in [2.05, 4.69) is 98.8 Å². The monoisotopic (exact) mass is 604 g/mol. The minimum atomic E-state index is 0.666. The van der Waals surface area contributed by atoms with Gasteiger partial charge in [-0.3, -0.25) is 0 Å². The molecule has 0 saturated heterocycles. The van der Waals surface area contributed by atoms with Crippen LogP contribution in [0, 0.1) is 0 Å². The zero-order chi connectivity index (χ0) is 29.2. The van der Waals surface area contributed by atoms with E-state index >= 15 is 0 Å². The smallest absolute Gasteiger partial charge is 0.0700 e. The van der Waals surface area contributed by atoms with Crippen molar-refractivity contribution in [3.63, 3.8) is 0 Å². The number of benzene rings is 2. The third kappa shape index (κ3) is 11.3. The molecule has 0 unspecified atom stereocenters. The number of rotatable bonds is 20. The fraction of sp³-hybridized carbons (Fsp3) is 0.389. The highest BCUT2D eigenvalue weighted by atomic mass is 32.1. The highest BCUT2D eigenvalue weighted by Crippen LogP contribution is 2.30. The average Bonchev–Trinajstić information content (AvgIpc) is 3.70. The van der Waals surface area contributed by atoms with Crippen molar-refractivity contribution in [2.75, 3.05) is 52.9 Å². The quantitative estimate of drug-likeness (QED) is 0.0744. The number of thiophene rings is 2. The molecule has 0 saturated carbocycles. The topological polar surface area (TPSA) is 36.9 Å². The summed E-state index contributed by atoms with van der Waals surface area (Å²) < 4.78 is 22.3. The Kier molecular flexibility index (Phi) is 14.5. The van der Waals surface area contributed by atoms with Crippen LogP contribution in [0.4, 0.5) is 0 Å². The molecular weight excluding hydrogens is 561 g/mol. The molecule has 2 heterocycles. The molecule has 4 nitrogen and oxygen atoms in total. The van der Waals surface area contributed by atoms with E-state index in [1.165, 1.54) is 41.8 Å². The first-order chi connectivity index (χ1) is 20.7. The molecule has 0 atom stereocenters. The van der Waals surface area contributed by atoms with Crippen LogP contribution in [0.1, 0.15) is 47.6 Å². The molecule has 4 aromatic rings. The Morgan fingerprint density at radius 3 is 1.21 bits per heavy atom. The van der Waals surface area contributed by atoms with Crippen molar-refractivity contribution in [3.05, 3.63) is 93.7 Å². The molecule has 0 bridgehead atoms. The van der Waals surface area contributed by atoms with Crippen molar-refractivity contribution in [2.45, 2.75) is 39.5 Å². The SMILES string of the molecule is CCCOCCOCCc1ccc(-c2ccc(C=Cc3ccc(-c4ccc(CCOCCOCCC)s4)cc3)cc2)s1. The van der Waals surface area contributed by atoms with Gasteiger partial charge in [0.15, 0.2) is 0 Å². The molecule has 2 aromatic heterocycles. The Bertz CT molecular complexity index is 1200. The van der Waals surface area contributed by atoms with Gasteiger partial charge >= 0.3 is 0 Å². The van der Waals surface area contributed by atoms with Crippen LogP contribution >= 0.6 is 22.7 Å². The third-order valence-corrected chi connectivity index (χ3v) is 9.00. The summed E-state index contributed by atoms with van der Waals surface area (Å²) >= 11 is 3.69. The molecule has 0 radical (unpaired) electrons. The van der Waals surface area contributed by atoms with Crippen molar-refractivity contribution >= 4 is 34.8 Å². The van der Waals surface area contributed by atoms with Gasteiger partial charge in [0, 0.05) is 45.6 Å². The molecule has 0 spiro atoms. The van der Waals surface area contributed by atoms with E-state index < -0.39 is 0 Å².